The molecule has 0 unspecified atom stereocenters. The van der Waals surface area contributed by atoms with E-state index in [1.807, 2.05) is 30.3 Å². The zero-order valence-electron chi connectivity index (χ0n) is 15.5. The van der Waals surface area contributed by atoms with Crippen molar-refractivity contribution in [1.29, 1.82) is 0 Å². The summed E-state index contributed by atoms with van der Waals surface area (Å²) < 4.78 is 5.65. The number of aromatic nitrogens is 2. The van der Waals surface area contributed by atoms with Gasteiger partial charge in [0.05, 0.1) is 5.69 Å². The Hall–Kier alpha value is -2.85. The second-order valence-corrected chi connectivity index (χ2v) is 7.46. The summed E-state index contributed by atoms with van der Waals surface area (Å²) in [6.45, 7) is 2.89. The Kier molecular flexibility index (Phi) is 4.06. The lowest BCUT2D eigenvalue weighted by Crippen LogP contribution is -2.34. The predicted molar refractivity (Wildman–Crippen MR) is 108 cm³/mol. The maximum Gasteiger partial charge on any atom is 0.226 e. The average molecular weight is 357 g/mol. The molecule has 4 nitrogen and oxygen atoms in total. The molecular formula is C23H23N3O. The topological polar surface area (TPSA) is 53.9 Å². The highest BCUT2D eigenvalue weighted by Gasteiger charge is 2.22. The molecule has 0 aliphatic heterocycles. The molecule has 1 aliphatic carbocycles. The van der Waals surface area contributed by atoms with Gasteiger partial charge in [0.15, 0.2) is 0 Å². The summed E-state index contributed by atoms with van der Waals surface area (Å²) >= 11 is 0. The van der Waals surface area contributed by atoms with E-state index in [2.05, 4.69) is 40.4 Å². The van der Waals surface area contributed by atoms with Gasteiger partial charge in [-0.05, 0) is 56.0 Å². The fourth-order valence-electron chi connectivity index (χ4n) is 4.06. The minimum absolute atomic E-state index is 0.467. The molecule has 4 heteroatoms. The first kappa shape index (κ1) is 16.3. The Bertz CT molecular complexity index is 1080. The van der Waals surface area contributed by atoms with E-state index in [0.29, 0.717) is 11.9 Å². The molecule has 0 spiro atoms. The Balaban J connectivity index is 1.29. The first-order valence-corrected chi connectivity index (χ1v) is 9.59. The number of benzene rings is 2. The van der Waals surface area contributed by atoms with Crippen LogP contribution in [0.2, 0.25) is 0 Å². The van der Waals surface area contributed by atoms with Gasteiger partial charge in [-0.1, -0.05) is 29.8 Å². The summed E-state index contributed by atoms with van der Waals surface area (Å²) in [6.07, 6.45) is 5.05. The third-order valence-corrected chi connectivity index (χ3v) is 5.49. The first-order valence-electron chi connectivity index (χ1n) is 9.59. The highest BCUT2D eigenvalue weighted by atomic mass is 16.3. The van der Waals surface area contributed by atoms with Crippen molar-refractivity contribution >= 4 is 10.9 Å². The third-order valence-electron chi connectivity index (χ3n) is 5.49. The van der Waals surface area contributed by atoms with Gasteiger partial charge < -0.3 is 14.7 Å². The molecule has 5 rings (SSSR count). The smallest absolute Gasteiger partial charge is 0.226 e. The Morgan fingerprint density at radius 3 is 2.96 bits per heavy atom. The van der Waals surface area contributed by atoms with Gasteiger partial charge in [-0.25, -0.2) is 4.98 Å². The number of aromatic amines is 1. The second kappa shape index (κ2) is 6.71. The molecule has 0 saturated carbocycles. The standard InChI is InChI=1S/C23H23N3O/c1-15-7-9-21-19(11-15)20-12-17(8-10-22(20)26-21)24-13-18-14-27-23(25-18)16-5-3-2-4-6-16/h2-7,9,11,14,17,24,26H,8,10,12-13H2,1H3/t17-/m0/s1. The molecule has 1 atom stereocenters. The van der Waals surface area contributed by atoms with Crippen LogP contribution >= 0.6 is 0 Å². The van der Waals surface area contributed by atoms with Crippen LogP contribution in [0.25, 0.3) is 22.4 Å². The van der Waals surface area contributed by atoms with Crippen molar-refractivity contribution in [3.63, 3.8) is 0 Å². The number of rotatable bonds is 4. The highest BCUT2D eigenvalue weighted by molar-refractivity contribution is 5.85. The van der Waals surface area contributed by atoms with Gasteiger partial charge in [0.25, 0.3) is 0 Å². The van der Waals surface area contributed by atoms with E-state index >= 15 is 0 Å². The average Bonchev–Trinajstić information content (AvgIpc) is 3.31. The van der Waals surface area contributed by atoms with E-state index in [1.54, 1.807) is 6.26 Å². The fourth-order valence-corrected chi connectivity index (χ4v) is 4.06. The SMILES string of the molecule is Cc1ccc2[nH]c3c(c2c1)C[C@@H](NCc1coc(-c2ccccc2)n1)CC3. The van der Waals surface area contributed by atoms with Gasteiger partial charge >= 0.3 is 0 Å². The van der Waals surface area contributed by atoms with Crippen LogP contribution in [0.4, 0.5) is 0 Å². The van der Waals surface area contributed by atoms with Crippen molar-refractivity contribution in [2.45, 2.75) is 38.8 Å². The molecule has 1 aliphatic rings. The van der Waals surface area contributed by atoms with Crippen LogP contribution in [0.5, 0.6) is 0 Å². The van der Waals surface area contributed by atoms with Gasteiger partial charge in [-0.3, -0.25) is 0 Å². The molecule has 0 radical (unpaired) electrons. The van der Waals surface area contributed by atoms with E-state index in [9.17, 15) is 0 Å². The zero-order chi connectivity index (χ0) is 18.2. The minimum Gasteiger partial charge on any atom is -0.444 e. The van der Waals surface area contributed by atoms with Crippen molar-refractivity contribution in [1.82, 2.24) is 15.3 Å². The molecule has 4 aromatic rings. The van der Waals surface area contributed by atoms with Crippen molar-refractivity contribution in [2.75, 3.05) is 0 Å². The van der Waals surface area contributed by atoms with E-state index in [0.717, 1.165) is 37.1 Å². The number of oxazole rings is 1. The van der Waals surface area contributed by atoms with E-state index in [4.69, 9.17) is 4.42 Å². The summed E-state index contributed by atoms with van der Waals surface area (Å²) in [5.74, 6) is 0.686. The molecule has 0 amide bonds. The summed E-state index contributed by atoms with van der Waals surface area (Å²) in [7, 11) is 0. The largest absolute Gasteiger partial charge is 0.444 e. The Labute approximate surface area is 158 Å². The molecule has 2 heterocycles. The molecule has 2 aromatic carbocycles. The molecule has 0 fully saturated rings. The highest BCUT2D eigenvalue weighted by Crippen LogP contribution is 2.30. The quantitative estimate of drug-likeness (QED) is 0.553. The number of fused-ring (bicyclic) bond motifs is 3. The summed E-state index contributed by atoms with van der Waals surface area (Å²) in [5, 5.41) is 5.06. The minimum atomic E-state index is 0.467. The predicted octanol–water partition coefficient (Wildman–Crippen LogP) is 4.78. The summed E-state index contributed by atoms with van der Waals surface area (Å²) in [5.41, 5.74) is 7.42. The maximum absolute atomic E-state index is 5.65. The number of hydrogen-bond acceptors (Lipinski definition) is 3. The van der Waals surface area contributed by atoms with Crippen LogP contribution in [-0.4, -0.2) is 16.0 Å². The van der Waals surface area contributed by atoms with Crippen LogP contribution in [0.1, 0.15) is 28.9 Å². The number of nitrogens with zero attached hydrogens (tertiary/aromatic N) is 1. The van der Waals surface area contributed by atoms with E-state index in [-0.39, 0.29) is 0 Å². The Morgan fingerprint density at radius 1 is 1.19 bits per heavy atom. The molecule has 136 valence electrons. The van der Waals surface area contributed by atoms with Gasteiger partial charge in [-0.2, -0.15) is 0 Å². The summed E-state index contributed by atoms with van der Waals surface area (Å²) in [6, 6.07) is 17.2. The zero-order valence-corrected chi connectivity index (χ0v) is 15.5. The first-order chi connectivity index (χ1) is 13.3. The number of hydrogen-bond donors (Lipinski definition) is 2. The van der Waals surface area contributed by atoms with Crippen molar-refractivity contribution < 1.29 is 4.42 Å². The van der Waals surface area contributed by atoms with E-state index < -0.39 is 0 Å². The van der Waals surface area contributed by atoms with Gasteiger partial charge in [0.2, 0.25) is 5.89 Å². The van der Waals surface area contributed by atoms with Gasteiger partial charge in [-0.15, -0.1) is 0 Å². The molecule has 0 bridgehead atoms. The van der Waals surface area contributed by atoms with E-state index in [1.165, 1.54) is 27.7 Å². The monoisotopic (exact) mass is 357 g/mol. The van der Waals surface area contributed by atoms with Crippen LogP contribution in [0.3, 0.4) is 0 Å². The molecule has 0 saturated heterocycles. The number of aryl methyl sites for hydroxylation is 2. The van der Waals surface area contributed by atoms with Crippen LogP contribution in [0, 0.1) is 6.92 Å². The number of nitrogens with one attached hydrogen (secondary N) is 2. The fraction of sp³-hybridized carbons (Fsp3) is 0.261. The third kappa shape index (κ3) is 3.17. The van der Waals surface area contributed by atoms with Crippen molar-refractivity contribution in [2.24, 2.45) is 0 Å². The second-order valence-electron chi connectivity index (χ2n) is 7.46. The lowest BCUT2D eigenvalue weighted by Gasteiger charge is -2.23. The van der Waals surface area contributed by atoms with Crippen molar-refractivity contribution in [3.05, 3.63) is 77.3 Å². The van der Waals surface area contributed by atoms with Gasteiger partial charge in [0.1, 0.15) is 6.26 Å². The number of H-pyrrole nitrogens is 1. The lowest BCUT2D eigenvalue weighted by atomic mass is 9.91. The molecule has 27 heavy (non-hydrogen) atoms. The molecule has 2 N–H and O–H groups in total. The van der Waals surface area contributed by atoms with Crippen LogP contribution in [-0.2, 0) is 19.4 Å². The van der Waals surface area contributed by atoms with Gasteiger partial charge in [0, 0.05) is 34.7 Å². The summed E-state index contributed by atoms with van der Waals surface area (Å²) in [4.78, 5) is 8.23. The molecular weight excluding hydrogens is 334 g/mol. The normalized spacial score (nSPS) is 16.6. The van der Waals surface area contributed by atoms with Crippen LogP contribution < -0.4 is 5.32 Å². The maximum atomic E-state index is 5.65. The van der Waals surface area contributed by atoms with Crippen LogP contribution in [0.15, 0.2) is 59.2 Å². The Morgan fingerprint density at radius 2 is 2.07 bits per heavy atom. The lowest BCUT2D eigenvalue weighted by molar-refractivity contribution is 0.453. The molecule has 2 aromatic heterocycles. The van der Waals surface area contributed by atoms with Crippen molar-refractivity contribution in [3.8, 4) is 11.5 Å².